The molecule has 1 rings (SSSR count). The highest BCUT2D eigenvalue weighted by molar-refractivity contribution is 7.56. The van der Waals surface area contributed by atoms with E-state index < -0.39 is 7.59 Å². The van der Waals surface area contributed by atoms with Crippen molar-refractivity contribution in [2.24, 2.45) is 0 Å². The molecule has 0 heterocycles. The zero-order valence-corrected chi connectivity index (χ0v) is 13.6. The van der Waals surface area contributed by atoms with Crippen LogP contribution in [0.4, 0.5) is 0 Å². The second-order valence-electron chi connectivity index (χ2n) is 4.77. The number of hydrogen-bond acceptors (Lipinski definition) is 1. The van der Waals surface area contributed by atoms with Gasteiger partial charge in [0.05, 0.1) is 0 Å². The fourth-order valence-electron chi connectivity index (χ4n) is 2.18. The average Bonchev–Trinajstić information content (AvgIpc) is 2.39. The molecular weight excluding hydrogens is 257 g/mol. The molecule has 0 aromatic heterocycles. The molecule has 0 aliphatic rings. The number of allylic oxidation sites excluding steroid dienone is 1. The van der Waals surface area contributed by atoms with E-state index in [1.165, 1.54) is 0 Å². The fourth-order valence-corrected chi connectivity index (χ4v) is 4.48. The molecule has 0 aliphatic carbocycles. The number of benzene rings is 1. The molecule has 0 aliphatic heterocycles. The lowest BCUT2D eigenvalue weighted by Crippen LogP contribution is -2.31. The number of rotatable bonds is 5. The first-order chi connectivity index (χ1) is 8.85. The third kappa shape index (κ3) is 3.08. The maximum atomic E-state index is 13.2. The maximum Gasteiger partial charge on any atom is 0.309 e. The molecule has 0 unspecified atom stereocenters. The van der Waals surface area contributed by atoms with Gasteiger partial charge < -0.3 is 4.67 Å². The van der Waals surface area contributed by atoms with E-state index in [1.807, 2.05) is 83.2 Å². The van der Waals surface area contributed by atoms with Crippen LogP contribution in [-0.4, -0.2) is 49.2 Å². The molecule has 106 valence electrons. The van der Waals surface area contributed by atoms with Crippen LogP contribution in [0.1, 0.15) is 12.5 Å². The number of nitrogens with zero attached hydrogens (tertiary/aromatic N) is 3. The van der Waals surface area contributed by atoms with Gasteiger partial charge in [-0.25, -0.2) is 9.34 Å². The summed E-state index contributed by atoms with van der Waals surface area (Å²) in [7, 11) is 6.49. The Labute approximate surface area is 116 Å². The van der Waals surface area contributed by atoms with E-state index in [-0.39, 0.29) is 0 Å². The van der Waals surface area contributed by atoms with Crippen LogP contribution in [0.25, 0.3) is 5.70 Å². The Kier molecular flexibility index (Phi) is 5.36. The Morgan fingerprint density at radius 1 is 1.00 bits per heavy atom. The molecule has 0 spiro atoms. The Morgan fingerprint density at radius 2 is 1.47 bits per heavy atom. The van der Waals surface area contributed by atoms with Gasteiger partial charge in [0, 0.05) is 12.7 Å². The summed E-state index contributed by atoms with van der Waals surface area (Å²) >= 11 is 0. The first-order valence-corrected chi connectivity index (χ1v) is 7.83. The molecule has 1 aromatic rings. The quantitative estimate of drug-likeness (QED) is 0.774. The highest BCUT2D eigenvalue weighted by Crippen LogP contribution is 2.55. The largest absolute Gasteiger partial charge is 0.309 e. The Morgan fingerprint density at radius 3 is 1.84 bits per heavy atom. The van der Waals surface area contributed by atoms with Gasteiger partial charge in [0.15, 0.2) is 0 Å². The van der Waals surface area contributed by atoms with Crippen molar-refractivity contribution in [3.63, 3.8) is 0 Å². The second-order valence-corrected chi connectivity index (χ2v) is 8.00. The minimum Gasteiger partial charge on any atom is -0.302 e. The lowest BCUT2D eigenvalue weighted by molar-refractivity contribution is 0.400. The Hall–Kier alpha value is -1.09. The van der Waals surface area contributed by atoms with Crippen LogP contribution in [0.2, 0.25) is 0 Å². The van der Waals surface area contributed by atoms with E-state index in [0.717, 1.165) is 11.3 Å². The topological polar surface area (TPSA) is 26.8 Å². The van der Waals surface area contributed by atoms with Crippen molar-refractivity contribution in [3.8, 4) is 0 Å². The molecular formula is C14H24N3OP. The third-order valence-corrected chi connectivity index (χ3v) is 6.21. The predicted molar refractivity (Wildman–Crippen MR) is 82.8 cm³/mol. The number of hydrogen-bond donors (Lipinski definition) is 0. The highest BCUT2D eigenvalue weighted by Gasteiger charge is 2.34. The minimum atomic E-state index is -2.76. The lowest BCUT2D eigenvalue weighted by atomic mass is 10.1. The van der Waals surface area contributed by atoms with Crippen molar-refractivity contribution in [1.82, 2.24) is 14.0 Å². The molecule has 0 radical (unpaired) electrons. The minimum absolute atomic E-state index is 0.964. The van der Waals surface area contributed by atoms with Gasteiger partial charge in [0.1, 0.15) is 0 Å². The van der Waals surface area contributed by atoms with E-state index in [1.54, 1.807) is 9.34 Å². The zero-order chi connectivity index (χ0) is 14.6. The monoisotopic (exact) mass is 281 g/mol. The van der Waals surface area contributed by atoms with E-state index >= 15 is 0 Å². The lowest BCUT2D eigenvalue weighted by Gasteiger charge is -2.39. The van der Waals surface area contributed by atoms with Gasteiger partial charge in [-0.3, -0.25) is 4.57 Å². The third-order valence-electron chi connectivity index (χ3n) is 3.12. The average molecular weight is 281 g/mol. The van der Waals surface area contributed by atoms with Gasteiger partial charge in [0.25, 0.3) is 0 Å². The summed E-state index contributed by atoms with van der Waals surface area (Å²) in [5, 5.41) is 0. The Bertz CT molecular complexity index is 471. The van der Waals surface area contributed by atoms with E-state index in [9.17, 15) is 4.57 Å². The summed E-state index contributed by atoms with van der Waals surface area (Å²) in [6.07, 6.45) is 2.00. The van der Waals surface area contributed by atoms with Crippen LogP contribution in [0.15, 0.2) is 36.4 Å². The van der Waals surface area contributed by atoms with Crippen molar-refractivity contribution in [2.45, 2.75) is 6.92 Å². The van der Waals surface area contributed by atoms with Gasteiger partial charge in [-0.1, -0.05) is 36.4 Å². The van der Waals surface area contributed by atoms with Gasteiger partial charge in [-0.2, -0.15) is 0 Å². The molecule has 19 heavy (non-hydrogen) atoms. The smallest absolute Gasteiger partial charge is 0.302 e. The van der Waals surface area contributed by atoms with Crippen LogP contribution in [-0.2, 0) is 4.57 Å². The Balaban J connectivity index is 3.23. The molecule has 5 heteroatoms. The second kappa shape index (κ2) is 6.38. The first-order valence-electron chi connectivity index (χ1n) is 6.27. The van der Waals surface area contributed by atoms with Gasteiger partial charge in [0.2, 0.25) is 0 Å². The summed E-state index contributed by atoms with van der Waals surface area (Å²) in [5.74, 6) is 0. The molecule has 0 fully saturated rings. The molecule has 1 aromatic carbocycles. The van der Waals surface area contributed by atoms with Crippen LogP contribution in [0.3, 0.4) is 0 Å². The van der Waals surface area contributed by atoms with E-state index in [0.29, 0.717) is 0 Å². The normalized spacial score (nSPS) is 13.2. The zero-order valence-electron chi connectivity index (χ0n) is 12.7. The van der Waals surface area contributed by atoms with Gasteiger partial charge >= 0.3 is 7.59 Å². The molecule has 0 N–H and O–H groups in total. The van der Waals surface area contributed by atoms with Crippen LogP contribution >= 0.6 is 7.59 Å². The van der Waals surface area contributed by atoms with Crippen LogP contribution in [0.5, 0.6) is 0 Å². The van der Waals surface area contributed by atoms with Crippen molar-refractivity contribution < 1.29 is 4.57 Å². The standard InChI is InChI=1S/C14H24N3OP/c1-7-14(13-11-9-8-10-12-13)17(6)19(18,15(2)3)16(4)5/h7-12H,1-6H3/b14-7+. The summed E-state index contributed by atoms with van der Waals surface area (Å²) in [5.41, 5.74) is 2.03. The predicted octanol–water partition coefficient (Wildman–Crippen LogP) is 3.21. The molecule has 0 saturated carbocycles. The summed E-state index contributed by atoms with van der Waals surface area (Å²) < 4.78 is 18.6. The summed E-state index contributed by atoms with van der Waals surface area (Å²) in [6, 6.07) is 10.0. The van der Waals surface area contributed by atoms with Gasteiger partial charge in [-0.05, 0) is 40.7 Å². The molecule has 4 nitrogen and oxygen atoms in total. The fraction of sp³-hybridized carbons (Fsp3) is 0.429. The SMILES string of the molecule is C/C=C(\c1ccccc1)N(C)P(=O)(N(C)C)N(C)C. The highest BCUT2D eigenvalue weighted by atomic mass is 31.2. The van der Waals surface area contributed by atoms with Gasteiger partial charge in [-0.15, -0.1) is 0 Å². The molecule has 0 amide bonds. The molecule has 0 saturated heterocycles. The van der Waals surface area contributed by atoms with E-state index in [2.05, 4.69) is 0 Å². The maximum absolute atomic E-state index is 13.2. The summed E-state index contributed by atoms with van der Waals surface area (Å²) in [4.78, 5) is 0. The van der Waals surface area contributed by atoms with Crippen molar-refractivity contribution in [3.05, 3.63) is 42.0 Å². The first kappa shape index (κ1) is 16.0. The summed E-state index contributed by atoms with van der Waals surface area (Å²) in [6.45, 7) is 1.97. The van der Waals surface area contributed by atoms with Crippen molar-refractivity contribution in [2.75, 3.05) is 35.2 Å². The van der Waals surface area contributed by atoms with Crippen LogP contribution < -0.4 is 0 Å². The van der Waals surface area contributed by atoms with E-state index in [4.69, 9.17) is 0 Å². The molecule has 0 atom stereocenters. The van der Waals surface area contributed by atoms with Crippen molar-refractivity contribution >= 4 is 13.3 Å². The van der Waals surface area contributed by atoms with Crippen LogP contribution in [0, 0.1) is 0 Å². The molecule has 0 bridgehead atoms. The van der Waals surface area contributed by atoms with Crippen molar-refractivity contribution in [1.29, 1.82) is 0 Å².